The van der Waals surface area contributed by atoms with E-state index in [0.717, 1.165) is 6.42 Å². The molecule has 3 fully saturated rings. The van der Waals surface area contributed by atoms with Crippen LogP contribution in [-0.4, -0.2) is 29.6 Å². The van der Waals surface area contributed by atoms with Gasteiger partial charge in [0.2, 0.25) is 5.79 Å². The van der Waals surface area contributed by atoms with Crippen LogP contribution in [0, 0.1) is 0 Å². The minimum atomic E-state index is -0.822. The van der Waals surface area contributed by atoms with Crippen LogP contribution >= 0.6 is 0 Å². The average Bonchev–Trinajstić information content (AvgIpc) is 2.17. The third-order valence-electron chi connectivity index (χ3n) is 3.21. The Morgan fingerprint density at radius 1 is 1.38 bits per heavy atom. The predicted octanol–water partition coefficient (Wildman–Crippen LogP) is 0.596. The van der Waals surface area contributed by atoms with Crippen molar-refractivity contribution in [3.8, 4) is 0 Å². The summed E-state index contributed by atoms with van der Waals surface area (Å²) in [5.74, 6) is -1.11. The Kier molecular flexibility index (Phi) is 1.14. The van der Waals surface area contributed by atoms with E-state index in [1.165, 1.54) is 0 Å². The van der Waals surface area contributed by atoms with E-state index < -0.39 is 11.4 Å². The van der Waals surface area contributed by atoms with Crippen molar-refractivity contribution in [3.63, 3.8) is 0 Å². The van der Waals surface area contributed by atoms with Crippen LogP contribution in [0.15, 0.2) is 0 Å². The molecule has 4 unspecified atom stereocenters. The minimum absolute atomic E-state index is 0.0750. The Bertz CT molecular complexity index is 289. The van der Waals surface area contributed by atoms with Crippen LogP contribution in [0.3, 0.4) is 0 Å². The van der Waals surface area contributed by atoms with E-state index in [0.29, 0.717) is 6.42 Å². The largest absolute Gasteiger partial charge is 0.428 e. The second-order valence-electron chi connectivity index (χ2n) is 4.42. The summed E-state index contributed by atoms with van der Waals surface area (Å²) in [6.07, 6.45) is 1.52. The lowest BCUT2D eigenvalue weighted by Crippen LogP contribution is -2.58. The van der Waals surface area contributed by atoms with Gasteiger partial charge in [0.15, 0.2) is 5.60 Å². The summed E-state index contributed by atoms with van der Waals surface area (Å²) in [6.45, 7) is 3.56. The van der Waals surface area contributed by atoms with E-state index in [1.54, 1.807) is 13.8 Å². The fraction of sp³-hybridized carbons (Fsp3) is 0.889. The average molecular weight is 184 g/mol. The number of carbonyl (C=O) groups excluding carboxylic acids is 1. The molecule has 0 aliphatic carbocycles. The van der Waals surface area contributed by atoms with E-state index in [-0.39, 0.29) is 18.2 Å². The summed E-state index contributed by atoms with van der Waals surface area (Å²) in [6, 6.07) is 0. The molecule has 13 heavy (non-hydrogen) atoms. The van der Waals surface area contributed by atoms with Crippen LogP contribution in [0.25, 0.3) is 0 Å². The smallest absolute Gasteiger partial charge is 0.340 e. The van der Waals surface area contributed by atoms with E-state index in [2.05, 4.69) is 0 Å². The molecule has 4 atom stereocenters. The highest BCUT2D eigenvalue weighted by atomic mass is 16.8. The Hall–Kier alpha value is -0.610. The number of rotatable bonds is 0. The molecule has 3 rings (SSSR count). The van der Waals surface area contributed by atoms with Crippen molar-refractivity contribution < 1.29 is 19.0 Å². The lowest BCUT2D eigenvalue weighted by molar-refractivity contribution is -0.281. The lowest BCUT2D eigenvalue weighted by Gasteiger charge is -2.42. The highest BCUT2D eigenvalue weighted by Crippen LogP contribution is 2.49. The molecule has 3 aliphatic heterocycles. The second-order valence-corrected chi connectivity index (χ2v) is 4.42. The van der Waals surface area contributed by atoms with Crippen molar-refractivity contribution in [2.45, 2.75) is 50.3 Å². The van der Waals surface area contributed by atoms with Crippen molar-refractivity contribution in [2.75, 3.05) is 0 Å². The standard InChI is InChI=1S/C9H12O4/c1-8-4-5-3-6(12-8)9(2,11-5)13-7(8)10/h5-6H,3-4H2,1-2H3. The van der Waals surface area contributed by atoms with Gasteiger partial charge >= 0.3 is 5.97 Å². The molecule has 0 aromatic carbocycles. The number of esters is 1. The molecule has 72 valence electrons. The number of hydrogen-bond acceptors (Lipinski definition) is 4. The SMILES string of the molecule is CC12CC3CC(O1)C(C)(OC2=O)O3. The monoisotopic (exact) mass is 184 g/mol. The Morgan fingerprint density at radius 3 is 2.92 bits per heavy atom. The van der Waals surface area contributed by atoms with Crippen LogP contribution in [-0.2, 0) is 19.0 Å². The molecule has 4 heteroatoms. The van der Waals surface area contributed by atoms with Crippen molar-refractivity contribution in [3.05, 3.63) is 0 Å². The van der Waals surface area contributed by atoms with Gasteiger partial charge in [0.25, 0.3) is 0 Å². The molecule has 0 aromatic rings. The van der Waals surface area contributed by atoms with Gasteiger partial charge in [0.05, 0.1) is 6.10 Å². The normalized spacial score (nSPS) is 58.2. The van der Waals surface area contributed by atoms with Crippen LogP contribution in [0.5, 0.6) is 0 Å². The quantitative estimate of drug-likeness (QED) is 0.517. The van der Waals surface area contributed by atoms with E-state index >= 15 is 0 Å². The summed E-state index contributed by atoms with van der Waals surface area (Å²) in [4.78, 5) is 11.5. The van der Waals surface area contributed by atoms with Gasteiger partial charge in [0, 0.05) is 19.8 Å². The molecule has 3 aliphatic rings. The zero-order valence-corrected chi connectivity index (χ0v) is 7.70. The topological polar surface area (TPSA) is 44.8 Å². The molecule has 0 radical (unpaired) electrons. The maximum atomic E-state index is 11.5. The fourth-order valence-electron chi connectivity index (χ4n) is 2.50. The third-order valence-corrected chi connectivity index (χ3v) is 3.21. The molecule has 0 N–H and O–H groups in total. The van der Waals surface area contributed by atoms with E-state index in [9.17, 15) is 4.79 Å². The number of carbonyl (C=O) groups is 1. The van der Waals surface area contributed by atoms with Crippen LogP contribution in [0.2, 0.25) is 0 Å². The summed E-state index contributed by atoms with van der Waals surface area (Å²) in [5.41, 5.74) is -0.760. The van der Waals surface area contributed by atoms with E-state index in [1.807, 2.05) is 0 Å². The minimum Gasteiger partial charge on any atom is -0.428 e. The molecule has 3 bridgehead atoms. The zero-order chi connectivity index (χ0) is 9.27. The first-order valence-corrected chi connectivity index (χ1v) is 4.61. The summed E-state index contributed by atoms with van der Waals surface area (Å²) >= 11 is 0. The van der Waals surface area contributed by atoms with Gasteiger partial charge in [-0.1, -0.05) is 0 Å². The highest BCUT2D eigenvalue weighted by Gasteiger charge is 2.64. The zero-order valence-electron chi connectivity index (χ0n) is 7.70. The van der Waals surface area contributed by atoms with Crippen LogP contribution in [0.4, 0.5) is 0 Å². The van der Waals surface area contributed by atoms with Crippen molar-refractivity contribution in [1.82, 2.24) is 0 Å². The molecule has 0 amide bonds. The summed E-state index contributed by atoms with van der Waals surface area (Å²) < 4.78 is 16.6. The molecule has 4 nitrogen and oxygen atoms in total. The maximum absolute atomic E-state index is 11.5. The van der Waals surface area contributed by atoms with Gasteiger partial charge in [-0.2, -0.15) is 0 Å². The Labute approximate surface area is 76.1 Å². The summed E-state index contributed by atoms with van der Waals surface area (Å²) in [5, 5.41) is 0. The molecule has 0 spiro atoms. The third kappa shape index (κ3) is 0.802. The number of hydrogen-bond donors (Lipinski definition) is 0. The van der Waals surface area contributed by atoms with Gasteiger partial charge in [-0.3, -0.25) is 0 Å². The first-order valence-electron chi connectivity index (χ1n) is 4.61. The first kappa shape index (κ1) is 7.76. The van der Waals surface area contributed by atoms with Gasteiger partial charge in [0.1, 0.15) is 6.10 Å². The Morgan fingerprint density at radius 2 is 2.15 bits per heavy atom. The van der Waals surface area contributed by atoms with Crippen molar-refractivity contribution >= 4 is 5.97 Å². The molecular weight excluding hydrogens is 172 g/mol. The number of ether oxygens (including phenoxy) is 3. The van der Waals surface area contributed by atoms with Crippen LogP contribution < -0.4 is 0 Å². The molecule has 3 heterocycles. The van der Waals surface area contributed by atoms with Gasteiger partial charge in [-0.05, 0) is 6.92 Å². The molecule has 3 saturated heterocycles. The molecular formula is C9H12O4. The van der Waals surface area contributed by atoms with Crippen molar-refractivity contribution in [1.29, 1.82) is 0 Å². The van der Waals surface area contributed by atoms with E-state index in [4.69, 9.17) is 14.2 Å². The van der Waals surface area contributed by atoms with Crippen molar-refractivity contribution in [2.24, 2.45) is 0 Å². The predicted molar refractivity (Wildman–Crippen MR) is 41.9 cm³/mol. The lowest BCUT2D eigenvalue weighted by atomic mass is 9.89. The van der Waals surface area contributed by atoms with Crippen LogP contribution in [0.1, 0.15) is 26.7 Å². The number of fused-ring (bicyclic) bond motifs is 2. The Balaban J connectivity index is 2.08. The van der Waals surface area contributed by atoms with Gasteiger partial charge in [-0.25, -0.2) is 4.79 Å². The first-order chi connectivity index (χ1) is 6.02. The summed E-state index contributed by atoms with van der Waals surface area (Å²) in [7, 11) is 0. The molecule has 0 saturated carbocycles. The van der Waals surface area contributed by atoms with Gasteiger partial charge in [-0.15, -0.1) is 0 Å². The second kappa shape index (κ2) is 1.91. The molecule has 0 aromatic heterocycles. The maximum Gasteiger partial charge on any atom is 0.340 e. The van der Waals surface area contributed by atoms with Gasteiger partial charge < -0.3 is 14.2 Å². The fourth-order valence-corrected chi connectivity index (χ4v) is 2.50. The highest BCUT2D eigenvalue weighted by molar-refractivity contribution is 5.80.